The molecule has 2 aliphatic carbocycles. The topological polar surface area (TPSA) is 80.8 Å². The number of rotatable bonds is 7. The number of carbonyl (C=O) groups is 4. The largest absolute Gasteiger partial charge is 0.495 e. The number of anilines is 1. The maximum Gasteiger partial charge on any atom is 0.239 e. The Bertz CT molecular complexity index is 2130. The minimum absolute atomic E-state index is 0.186. The molecule has 0 radical (unpaired) electrons. The summed E-state index contributed by atoms with van der Waals surface area (Å²) in [6.07, 6.45) is 0. The van der Waals surface area contributed by atoms with Gasteiger partial charge in [-0.1, -0.05) is 120 Å². The molecular weight excluding hydrogens is 622 g/mol. The third-order valence-corrected chi connectivity index (χ3v) is 11.0. The van der Waals surface area contributed by atoms with Gasteiger partial charge in [0.25, 0.3) is 0 Å². The number of benzene rings is 5. The fourth-order valence-corrected chi connectivity index (χ4v) is 8.89. The molecule has 0 spiro atoms. The number of hydrogen-bond acceptors (Lipinski definition) is 5. The molecule has 1 heterocycles. The zero-order valence-corrected chi connectivity index (χ0v) is 28.3. The molecule has 246 valence electrons. The number of allylic oxidation sites excluding steroid dienone is 2. The summed E-state index contributed by atoms with van der Waals surface area (Å²) in [4.78, 5) is 60.5. The van der Waals surface area contributed by atoms with Crippen LogP contribution in [0.5, 0.6) is 5.75 Å². The molecule has 8 rings (SSSR count). The highest BCUT2D eigenvalue weighted by atomic mass is 16.5. The van der Waals surface area contributed by atoms with Crippen LogP contribution in [0, 0.1) is 25.7 Å². The molecule has 6 nitrogen and oxygen atoms in total. The van der Waals surface area contributed by atoms with E-state index in [4.69, 9.17) is 4.74 Å². The Morgan fingerprint density at radius 2 is 1.06 bits per heavy atom. The van der Waals surface area contributed by atoms with Gasteiger partial charge in [0.15, 0.2) is 11.6 Å². The zero-order valence-electron chi connectivity index (χ0n) is 28.3. The highest BCUT2D eigenvalue weighted by Gasteiger charge is 2.82. The summed E-state index contributed by atoms with van der Waals surface area (Å²) in [5, 5.41) is 0. The SMILES string of the molecule is COc1ccc(C(C)=O)cc1N1C(=O)[C@@H]2[C@H](C1=O)[C@@]1(c3ccccc3)C(=O)[C@@]2(c2ccccc2)C(c2ccc(C)cc2)=C1c1ccc(C)cc1. The average molecular weight is 658 g/mol. The van der Waals surface area contributed by atoms with E-state index in [9.17, 15) is 4.79 Å². The molecule has 50 heavy (non-hydrogen) atoms. The van der Waals surface area contributed by atoms with Crippen LogP contribution >= 0.6 is 0 Å². The lowest BCUT2D eigenvalue weighted by Gasteiger charge is -2.39. The van der Waals surface area contributed by atoms with Crippen molar-refractivity contribution in [1.82, 2.24) is 0 Å². The standard InChI is InChI=1S/C44H35NO5/c1-26-15-19-29(20-16-26)36-37(30-21-17-27(2)18-22-30)44(33-13-9-6-10-14-33)39-38(43(36,42(44)49)32-11-7-5-8-12-32)40(47)45(41(39)48)34-25-31(28(3)46)23-24-35(34)50-4/h5-25,38-39H,1-4H3/t38-,39+,43-,44-/m0/s1. The molecule has 0 unspecified atom stereocenters. The molecule has 2 fully saturated rings. The number of nitrogens with zero attached hydrogens (tertiary/aromatic N) is 1. The lowest BCUT2D eigenvalue weighted by Crippen LogP contribution is -2.45. The summed E-state index contributed by atoms with van der Waals surface area (Å²) >= 11 is 0. The van der Waals surface area contributed by atoms with Crippen molar-refractivity contribution in [2.45, 2.75) is 31.6 Å². The summed E-state index contributed by atoms with van der Waals surface area (Å²) in [6, 6.07) is 39.8. The molecule has 1 aliphatic heterocycles. The summed E-state index contributed by atoms with van der Waals surface area (Å²) in [5.41, 5.74) is 4.00. The number of Topliss-reactive ketones (excluding diaryl/α,β-unsaturated/α-hetero) is 2. The molecule has 3 aliphatic rings. The predicted molar refractivity (Wildman–Crippen MR) is 193 cm³/mol. The van der Waals surface area contributed by atoms with Gasteiger partial charge in [-0.05, 0) is 72.4 Å². The highest BCUT2D eigenvalue weighted by molar-refractivity contribution is 6.39. The molecule has 0 N–H and O–H groups in total. The lowest BCUT2D eigenvalue weighted by molar-refractivity contribution is -0.130. The first kappa shape index (κ1) is 31.4. The van der Waals surface area contributed by atoms with Crippen molar-refractivity contribution in [1.29, 1.82) is 0 Å². The van der Waals surface area contributed by atoms with Crippen LogP contribution < -0.4 is 9.64 Å². The first-order valence-electron chi connectivity index (χ1n) is 16.8. The first-order valence-corrected chi connectivity index (χ1v) is 16.8. The van der Waals surface area contributed by atoms with Gasteiger partial charge in [-0.15, -0.1) is 0 Å². The molecule has 5 aromatic rings. The molecule has 6 heteroatoms. The van der Waals surface area contributed by atoms with E-state index in [0.29, 0.717) is 16.7 Å². The summed E-state index contributed by atoms with van der Waals surface area (Å²) in [6.45, 7) is 5.46. The Balaban J connectivity index is 1.54. The average Bonchev–Trinajstić information content (AvgIpc) is 3.64. The van der Waals surface area contributed by atoms with E-state index in [1.807, 2.05) is 123 Å². The fraction of sp³-hybridized carbons (Fsp3) is 0.182. The highest BCUT2D eigenvalue weighted by Crippen LogP contribution is 2.74. The normalized spacial score (nSPS) is 23.8. The van der Waals surface area contributed by atoms with Crippen LogP contribution in [0.2, 0.25) is 0 Å². The van der Waals surface area contributed by atoms with Crippen LogP contribution in [0.25, 0.3) is 11.1 Å². The Kier molecular flexibility index (Phi) is 7.12. The summed E-state index contributed by atoms with van der Waals surface area (Å²) in [7, 11) is 1.47. The molecule has 2 bridgehead atoms. The number of ether oxygens (including phenoxy) is 1. The van der Waals surface area contributed by atoms with Crippen molar-refractivity contribution >= 4 is 40.2 Å². The van der Waals surface area contributed by atoms with Crippen LogP contribution in [0.4, 0.5) is 5.69 Å². The number of imide groups is 1. The van der Waals surface area contributed by atoms with E-state index in [0.717, 1.165) is 33.4 Å². The predicted octanol–water partition coefficient (Wildman–Crippen LogP) is 7.70. The molecule has 1 saturated carbocycles. The molecular formula is C44H35NO5. The lowest BCUT2D eigenvalue weighted by atomic mass is 9.59. The third kappa shape index (κ3) is 4.02. The van der Waals surface area contributed by atoms with Gasteiger partial charge in [0.2, 0.25) is 11.8 Å². The second-order valence-electron chi connectivity index (χ2n) is 13.6. The fourth-order valence-electron chi connectivity index (χ4n) is 8.89. The van der Waals surface area contributed by atoms with E-state index in [1.54, 1.807) is 18.2 Å². The minimum Gasteiger partial charge on any atom is -0.495 e. The van der Waals surface area contributed by atoms with Crippen molar-refractivity contribution in [3.63, 3.8) is 0 Å². The number of amides is 2. The number of fused-ring (bicyclic) bond motifs is 5. The van der Waals surface area contributed by atoms with Crippen molar-refractivity contribution in [2.24, 2.45) is 11.8 Å². The van der Waals surface area contributed by atoms with E-state index >= 15 is 14.4 Å². The molecule has 5 aromatic carbocycles. The zero-order chi connectivity index (χ0) is 34.9. The summed E-state index contributed by atoms with van der Waals surface area (Å²) in [5.74, 6) is -3.28. The first-order chi connectivity index (χ1) is 24.2. The maximum atomic E-state index is 16.1. The Hall–Kier alpha value is -5.88. The van der Waals surface area contributed by atoms with E-state index in [-0.39, 0.29) is 23.0 Å². The number of hydrogen-bond donors (Lipinski definition) is 0. The number of ketones is 2. The van der Waals surface area contributed by atoms with Gasteiger partial charge in [0.05, 0.1) is 35.5 Å². The minimum atomic E-state index is -1.52. The van der Waals surface area contributed by atoms with Crippen molar-refractivity contribution in [2.75, 3.05) is 12.0 Å². The van der Waals surface area contributed by atoms with Gasteiger partial charge >= 0.3 is 0 Å². The number of methoxy groups -OCH3 is 1. The van der Waals surface area contributed by atoms with Crippen LogP contribution in [0.3, 0.4) is 0 Å². The van der Waals surface area contributed by atoms with Gasteiger partial charge in [-0.3, -0.25) is 19.2 Å². The third-order valence-electron chi connectivity index (χ3n) is 11.0. The molecule has 0 aromatic heterocycles. The van der Waals surface area contributed by atoms with E-state index in [1.165, 1.54) is 18.9 Å². The smallest absolute Gasteiger partial charge is 0.239 e. The van der Waals surface area contributed by atoms with Gasteiger partial charge in [0, 0.05) is 5.56 Å². The van der Waals surface area contributed by atoms with Crippen molar-refractivity contribution in [3.8, 4) is 5.75 Å². The van der Waals surface area contributed by atoms with Crippen LogP contribution in [0.1, 0.15) is 50.7 Å². The van der Waals surface area contributed by atoms with Gasteiger partial charge in [0.1, 0.15) is 5.75 Å². The second kappa shape index (κ2) is 11.3. The molecule has 2 amide bonds. The Morgan fingerprint density at radius 1 is 0.620 bits per heavy atom. The number of aryl methyl sites for hydroxylation is 2. The van der Waals surface area contributed by atoms with Crippen molar-refractivity contribution in [3.05, 3.63) is 166 Å². The monoisotopic (exact) mass is 657 g/mol. The summed E-state index contributed by atoms with van der Waals surface area (Å²) < 4.78 is 5.69. The Morgan fingerprint density at radius 3 is 1.46 bits per heavy atom. The number of carbonyl (C=O) groups excluding carboxylic acids is 4. The van der Waals surface area contributed by atoms with E-state index < -0.39 is 34.5 Å². The quantitative estimate of drug-likeness (QED) is 0.132. The van der Waals surface area contributed by atoms with Gasteiger partial charge in [-0.2, -0.15) is 0 Å². The van der Waals surface area contributed by atoms with Crippen molar-refractivity contribution < 1.29 is 23.9 Å². The second-order valence-corrected chi connectivity index (χ2v) is 13.6. The van der Waals surface area contributed by atoms with Crippen LogP contribution in [0.15, 0.2) is 127 Å². The van der Waals surface area contributed by atoms with E-state index in [2.05, 4.69) is 0 Å². The van der Waals surface area contributed by atoms with Crippen LogP contribution in [-0.4, -0.2) is 30.5 Å². The molecule has 4 atom stereocenters. The molecule has 1 saturated heterocycles. The van der Waals surface area contributed by atoms with Gasteiger partial charge < -0.3 is 4.74 Å². The van der Waals surface area contributed by atoms with Gasteiger partial charge in [-0.25, -0.2) is 4.90 Å². The maximum absolute atomic E-state index is 16.1. The Labute approximate surface area is 291 Å². The van der Waals surface area contributed by atoms with Crippen LogP contribution in [-0.2, 0) is 25.2 Å².